The predicted molar refractivity (Wildman–Crippen MR) is 197 cm³/mol. The number of nitrogens with zero attached hydrogens (tertiary/aromatic N) is 2. The van der Waals surface area contributed by atoms with Crippen molar-refractivity contribution in [3.05, 3.63) is 169 Å². The van der Waals surface area contributed by atoms with Gasteiger partial charge in [-0.25, -0.2) is 0 Å². The molecule has 0 N–H and O–H groups in total. The van der Waals surface area contributed by atoms with Crippen LogP contribution in [0, 0.1) is 6.92 Å². The number of benzene rings is 6. The maximum Gasteiger partial charge on any atom is 0.114 e. The van der Waals surface area contributed by atoms with Crippen LogP contribution < -0.4 is 4.90 Å². The largest absolute Gasteiger partial charge is 0.470 e. The van der Waals surface area contributed by atoms with E-state index in [1.807, 2.05) is 12.3 Å². The lowest BCUT2D eigenvalue weighted by atomic mass is 9.98. The van der Waals surface area contributed by atoms with Gasteiger partial charge in [0.1, 0.15) is 6.26 Å². The van der Waals surface area contributed by atoms with Crippen molar-refractivity contribution in [1.82, 2.24) is 4.57 Å². The summed E-state index contributed by atoms with van der Waals surface area (Å²) in [5.74, 6) is 0.395. The fraction of sp³-hybridized carbons (Fsp3) is 0.0909. The van der Waals surface area contributed by atoms with Gasteiger partial charge in [0.15, 0.2) is 0 Å². The highest BCUT2D eigenvalue weighted by molar-refractivity contribution is 6.11. The molecule has 47 heavy (non-hydrogen) atoms. The number of hydrogen-bond donors (Lipinski definition) is 0. The van der Waals surface area contributed by atoms with Crippen LogP contribution in [0.1, 0.15) is 30.9 Å². The molecule has 3 heteroatoms. The minimum absolute atomic E-state index is 0.395. The van der Waals surface area contributed by atoms with E-state index < -0.39 is 0 Å². The molecular weight excluding hydrogens is 572 g/mol. The van der Waals surface area contributed by atoms with Crippen LogP contribution in [0.3, 0.4) is 0 Å². The molecule has 0 amide bonds. The maximum absolute atomic E-state index is 5.53. The van der Waals surface area contributed by atoms with Crippen molar-refractivity contribution >= 4 is 38.9 Å². The van der Waals surface area contributed by atoms with Crippen molar-refractivity contribution < 1.29 is 4.42 Å². The molecule has 0 aliphatic carbocycles. The average molecular weight is 609 g/mol. The van der Waals surface area contributed by atoms with Crippen LogP contribution in [0.25, 0.3) is 49.7 Å². The van der Waals surface area contributed by atoms with Gasteiger partial charge in [-0.15, -0.1) is 0 Å². The minimum Gasteiger partial charge on any atom is -0.470 e. The third-order valence-corrected chi connectivity index (χ3v) is 9.16. The smallest absolute Gasteiger partial charge is 0.114 e. The van der Waals surface area contributed by atoms with Crippen molar-refractivity contribution in [3.8, 4) is 27.9 Å². The fourth-order valence-corrected chi connectivity index (χ4v) is 6.84. The van der Waals surface area contributed by atoms with E-state index in [2.05, 4.69) is 170 Å². The summed E-state index contributed by atoms with van der Waals surface area (Å²) >= 11 is 0. The molecule has 0 atom stereocenters. The van der Waals surface area contributed by atoms with Crippen molar-refractivity contribution in [3.63, 3.8) is 0 Å². The molecule has 0 aliphatic heterocycles. The summed E-state index contributed by atoms with van der Waals surface area (Å²) in [7, 11) is 0. The van der Waals surface area contributed by atoms with Crippen LogP contribution >= 0.6 is 0 Å². The highest BCUT2D eigenvalue weighted by Gasteiger charge is 2.19. The van der Waals surface area contributed by atoms with Gasteiger partial charge in [-0.3, -0.25) is 0 Å². The highest BCUT2D eigenvalue weighted by Crippen LogP contribution is 2.40. The Hall–Kier alpha value is -5.80. The predicted octanol–water partition coefficient (Wildman–Crippen LogP) is 12.6. The van der Waals surface area contributed by atoms with Gasteiger partial charge in [-0.05, 0) is 94.8 Å². The van der Waals surface area contributed by atoms with Crippen LogP contribution in [-0.4, -0.2) is 4.57 Å². The molecule has 0 fully saturated rings. The molecule has 2 aromatic heterocycles. The Kier molecular flexibility index (Phi) is 7.23. The number of aryl methyl sites for hydroxylation is 1. The van der Waals surface area contributed by atoms with Gasteiger partial charge in [-0.1, -0.05) is 105 Å². The number of para-hydroxylation sites is 1. The summed E-state index contributed by atoms with van der Waals surface area (Å²) in [5, 5.41) is 2.50. The molecule has 8 aromatic rings. The van der Waals surface area contributed by atoms with Gasteiger partial charge in [0.25, 0.3) is 0 Å². The first kappa shape index (κ1) is 28.7. The minimum atomic E-state index is 0.395. The zero-order chi connectivity index (χ0) is 31.9. The standard InChI is InChI=1S/C44H36N2O/c1-30(2)40-13-8-14-41-42-28-35(19-24-43(42)46(44(40)41)39-25-26-47-29-39)34-17-22-37(23-18-34)45(38-12-7-9-31(3)27-38)36-20-15-33(16-21-36)32-10-5-4-6-11-32/h4-30H,1-3H3. The van der Waals surface area contributed by atoms with E-state index in [1.54, 1.807) is 6.26 Å². The van der Waals surface area contributed by atoms with Crippen LogP contribution in [0.5, 0.6) is 0 Å². The van der Waals surface area contributed by atoms with E-state index in [0.29, 0.717) is 5.92 Å². The molecule has 0 aliphatic rings. The Labute approximate surface area is 276 Å². The fourth-order valence-electron chi connectivity index (χ4n) is 6.84. The zero-order valence-electron chi connectivity index (χ0n) is 26.9. The monoisotopic (exact) mass is 608 g/mol. The van der Waals surface area contributed by atoms with Crippen LogP contribution in [-0.2, 0) is 0 Å². The van der Waals surface area contributed by atoms with Crippen molar-refractivity contribution in [1.29, 1.82) is 0 Å². The molecule has 3 nitrogen and oxygen atoms in total. The Morgan fingerprint density at radius 3 is 1.87 bits per heavy atom. The lowest BCUT2D eigenvalue weighted by Crippen LogP contribution is -2.10. The summed E-state index contributed by atoms with van der Waals surface area (Å²) < 4.78 is 7.88. The Bertz CT molecular complexity index is 2310. The summed E-state index contributed by atoms with van der Waals surface area (Å²) in [5.41, 5.74) is 14.2. The van der Waals surface area contributed by atoms with E-state index in [4.69, 9.17) is 4.42 Å². The van der Waals surface area contributed by atoms with E-state index >= 15 is 0 Å². The molecule has 0 radical (unpaired) electrons. The third kappa shape index (κ3) is 5.20. The first-order chi connectivity index (χ1) is 23.0. The quantitative estimate of drug-likeness (QED) is 0.179. The molecule has 8 rings (SSSR count). The van der Waals surface area contributed by atoms with Crippen LogP contribution in [0.15, 0.2) is 163 Å². The van der Waals surface area contributed by atoms with Gasteiger partial charge < -0.3 is 13.9 Å². The number of rotatable bonds is 7. The number of fused-ring (bicyclic) bond motifs is 3. The Morgan fingerprint density at radius 1 is 0.553 bits per heavy atom. The molecule has 6 aromatic carbocycles. The Balaban J connectivity index is 1.20. The molecule has 228 valence electrons. The Morgan fingerprint density at radius 2 is 1.21 bits per heavy atom. The number of aromatic nitrogens is 1. The maximum atomic E-state index is 5.53. The van der Waals surface area contributed by atoms with Crippen LogP contribution in [0.2, 0.25) is 0 Å². The van der Waals surface area contributed by atoms with Gasteiger partial charge in [-0.2, -0.15) is 0 Å². The molecule has 0 spiro atoms. The normalized spacial score (nSPS) is 11.5. The first-order valence-electron chi connectivity index (χ1n) is 16.3. The van der Waals surface area contributed by atoms with E-state index in [0.717, 1.165) is 22.7 Å². The van der Waals surface area contributed by atoms with Crippen LogP contribution in [0.4, 0.5) is 17.1 Å². The third-order valence-electron chi connectivity index (χ3n) is 9.16. The van der Waals surface area contributed by atoms with Gasteiger partial charge in [0.05, 0.1) is 23.0 Å². The lowest BCUT2D eigenvalue weighted by Gasteiger charge is -2.26. The molecular formula is C44H36N2O. The van der Waals surface area contributed by atoms with E-state index in [9.17, 15) is 0 Å². The van der Waals surface area contributed by atoms with Gasteiger partial charge in [0, 0.05) is 33.9 Å². The number of furan rings is 1. The first-order valence-corrected chi connectivity index (χ1v) is 16.3. The van der Waals surface area contributed by atoms with E-state index in [-0.39, 0.29) is 0 Å². The van der Waals surface area contributed by atoms with Gasteiger partial charge in [0.2, 0.25) is 0 Å². The molecule has 0 saturated carbocycles. The average Bonchev–Trinajstić information content (AvgIpc) is 3.75. The lowest BCUT2D eigenvalue weighted by molar-refractivity contribution is 0.566. The molecule has 0 bridgehead atoms. The zero-order valence-corrected chi connectivity index (χ0v) is 26.9. The van der Waals surface area contributed by atoms with Crippen molar-refractivity contribution in [2.45, 2.75) is 26.7 Å². The summed E-state index contributed by atoms with van der Waals surface area (Å²) in [6.45, 7) is 6.67. The molecule has 0 saturated heterocycles. The molecule has 2 heterocycles. The highest BCUT2D eigenvalue weighted by atomic mass is 16.3. The molecule has 0 unspecified atom stereocenters. The second kappa shape index (κ2) is 11.9. The summed E-state index contributed by atoms with van der Waals surface area (Å²) in [4.78, 5) is 2.33. The number of hydrogen-bond acceptors (Lipinski definition) is 2. The van der Waals surface area contributed by atoms with Crippen molar-refractivity contribution in [2.24, 2.45) is 0 Å². The van der Waals surface area contributed by atoms with Crippen molar-refractivity contribution in [2.75, 3.05) is 4.90 Å². The number of anilines is 3. The second-order valence-corrected chi connectivity index (χ2v) is 12.6. The van der Waals surface area contributed by atoms with E-state index in [1.165, 1.54) is 55.2 Å². The second-order valence-electron chi connectivity index (χ2n) is 12.6. The van der Waals surface area contributed by atoms with Gasteiger partial charge >= 0.3 is 0 Å². The summed E-state index contributed by atoms with van der Waals surface area (Å²) in [6, 6.07) is 52.6. The summed E-state index contributed by atoms with van der Waals surface area (Å²) in [6.07, 6.45) is 3.58. The topological polar surface area (TPSA) is 21.3 Å². The SMILES string of the molecule is Cc1cccc(N(c2ccc(-c3ccccc3)cc2)c2ccc(-c3ccc4c(c3)c3cccc(C(C)C)c3n4-c3ccoc3)cc2)c1.